The van der Waals surface area contributed by atoms with Crippen molar-refractivity contribution in [2.75, 3.05) is 0 Å². The monoisotopic (exact) mass is 576 g/mol. The fourth-order valence-electron chi connectivity index (χ4n) is 10.6. The molecule has 1 aliphatic heterocycles. The van der Waals surface area contributed by atoms with Crippen LogP contribution in [-0.4, -0.2) is 84.8 Å². The lowest BCUT2D eigenvalue weighted by atomic mass is 9.40. The van der Waals surface area contributed by atoms with Crippen molar-refractivity contribution < 1.29 is 44.6 Å². The summed E-state index contributed by atoms with van der Waals surface area (Å²) in [5.74, 6) is -1.11. The van der Waals surface area contributed by atoms with Crippen molar-refractivity contribution in [1.82, 2.24) is 0 Å². The highest BCUT2D eigenvalue weighted by molar-refractivity contribution is 5.52. The van der Waals surface area contributed by atoms with Crippen LogP contribution in [0.5, 0.6) is 0 Å². The van der Waals surface area contributed by atoms with Gasteiger partial charge in [0.1, 0.15) is 24.6 Å². The highest BCUT2D eigenvalue weighted by Crippen LogP contribution is 2.72. The zero-order valence-electron chi connectivity index (χ0n) is 23.8. The van der Waals surface area contributed by atoms with Crippen molar-refractivity contribution >= 4 is 6.29 Å². The molecule has 1 saturated heterocycles. The van der Waals surface area contributed by atoms with Gasteiger partial charge in [-0.3, -0.25) is 0 Å². The minimum absolute atomic E-state index is 0.145. The van der Waals surface area contributed by atoms with Gasteiger partial charge in [-0.1, -0.05) is 6.92 Å². The van der Waals surface area contributed by atoms with Crippen LogP contribution in [0.2, 0.25) is 0 Å². The summed E-state index contributed by atoms with van der Waals surface area (Å²) in [4.78, 5) is 23.8. The van der Waals surface area contributed by atoms with Gasteiger partial charge in [0.25, 0.3) is 0 Å². The first-order valence-corrected chi connectivity index (χ1v) is 15.2. The molecule has 41 heavy (non-hydrogen) atoms. The fraction of sp³-hybridized carbons (Fsp3) is 0.806. The molecule has 6 rings (SSSR count). The summed E-state index contributed by atoms with van der Waals surface area (Å²) in [6.45, 7) is 3.65. The maximum absolute atomic E-state index is 12.5. The third kappa shape index (κ3) is 4.01. The van der Waals surface area contributed by atoms with Crippen molar-refractivity contribution in [3.8, 4) is 0 Å². The Hall–Kier alpha value is -1.66. The van der Waals surface area contributed by atoms with E-state index in [0.29, 0.717) is 44.1 Å². The number of carbonyl (C=O) groups is 1. The number of carbonyl (C=O) groups excluding carboxylic acids is 1. The number of aliphatic hydroxyl groups is 6. The summed E-state index contributed by atoms with van der Waals surface area (Å²) < 4.78 is 11.1. The number of aldehydes is 1. The third-order valence-corrected chi connectivity index (χ3v) is 12.6. The topological polar surface area (TPSA) is 178 Å². The quantitative estimate of drug-likeness (QED) is 0.284. The lowest BCUT2D eigenvalue weighted by Gasteiger charge is -2.67. The van der Waals surface area contributed by atoms with E-state index in [1.165, 1.54) is 12.3 Å². The second kappa shape index (κ2) is 9.94. The van der Waals surface area contributed by atoms with Crippen LogP contribution in [0.25, 0.3) is 0 Å². The SMILES string of the molecule is C[C@@H]1O[C@@H]([C@H]2CC[C@]3(CC=O)[C@H]4CC[C@]5(C)[C@@H](c6ccc(=O)oc6)[C@@H](O)C[C@]5(O)[C@@H]4CC[C@]3(O)C2)[C@H](O)[C@H](O)[C@H]1O. The molecule has 2 heterocycles. The van der Waals surface area contributed by atoms with Crippen LogP contribution >= 0.6 is 0 Å². The number of hydrogen-bond donors (Lipinski definition) is 6. The van der Waals surface area contributed by atoms with E-state index in [1.807, 2.05) is 6.92 Å². The molecule has 228 valence electrons. The molecule has 0 radical (unpaired) electrons. The lowest BCUT2D eigenvalue weighted by molar-refractivity contribution is -0.275. The normalized spacial score (nSPS) is 53.2. The van der Waals surface area contributed by atoms with Gasteiger partial charge in [0.15, 0.2) is 0 Å². The number of aliphatic hydroxyl groups excluding tert-OH is 4. The van der Waals surface area contributed by atoms with Crippen LogP contribution in [0.15, 0.2) is 27.6 Å². The predicted octanol–water partition coefficient (Wildman–Crippen LogP) is 1.02. The number of fused-ring (bicyclic) bond motifs is 5. The Bertz CT molecular complexity index is 1200. The molecular weight excluding hydrogens is 532 g/mol. The second-order valence-electron chi connectivity index (χ2n) is 14.1. The molecule has 1 aromatic rings. The van der Waals surface area contributed by atoms with E-state index in [-0.39, 0.29) is 37.0 Å². The van der Waals surface area contributed by atoms with Gasteiger partial charge in [0.05, 0.1) is 35.8 Å². The first kappa shape index (κ1) is 29.4. The Kier molecular flexibility index (Phi) is 7.13. The van der Waals surface area contributed by atoms with E-state index in [4.69, 9.17) is 9.15 Å². The average molecular weight is 577 g/mol. The second-order valence-corrected chi connectivity index (χ2v) is 14.1. The summed E-state index contributed by atoms with van der Waals surface area (Å²) in [6.07, 6.45) is -0.128. The molecule has 5 aliphatic rings. The summed E-state index contributed by atoms with van der Waals surface area (Å²) in [5.41, 5.74) is -3.77. The molecule has 0 amide bonds. The molecule has 6 N–H and O–H groups in total. The predicted molar refractivity (Wildman–Crippen MR) is 145 cm³/mol. The Balaban J connectivity index is 1.31. The lowest BCUT2D eigenvalue weighted by Crippen LogP contribution is -2.69. The molecule has 0 spiro atoms. The van der Waals surface area contributed by atoms with Gasteiger partial charge in [0.2, 0.25) is 0 Å². The van der Waals surface area contributed by atoms with Crippen LogP contribution < -0.4 is 5.63 Å². The first-order chi connectivity index (χ1) is 19.3. The molecule has 14 atom stereocenters. The van der Waals surface area contributed by atoms with Gasteiger partial charge in [-0.15, -0.1) is 0 Å². The molecule has 0 bridgehead atoms. The van der Waals surface area contributed by atoms with Crippen molar-refractivity contribution in [3.05, 3.63) is 34.4 Å². The minimum Gasteiger partial charge on any atom is -0.431 e. The standard InChI is InChI=1S/C31H44O10/c1-16-24(35)25(36)26(37)27(41-16)17-5-9-29(11-12-32)19-6-8-28(2)23(18-3-4-22(34)40-15-18)21(33)14-31(28,39)20(19)7-10-30(29,38)13-17/h3-4,12,15-17,19-21,23-27,33,35-39H,5-11,13-14H2,1-2H3/t16-,17-,19-,20+,21-,23-,24-,25+,26+,27-,28+,29-,30-,31-/m0/s1. The summed E-state index contributed by atoms with van der Waals surface area (Å²) >= 11 is 0. The molecule has 10 nitrogen and oxygen atoms in total. The molecule has 1 aromatic heterocycles. The number of ether oxygens (including phenoxy) is 1. The van der Waals surface area contributed by atoms with Gasteiger partial charge >= 0.3 is 5.63 Å². The molecule has 5 fully saturated rings. The van der Waals surface area contributed by atoms with Gasteiger partial charge in [0, 0.05) is 35.7 Å². The summed E-state index contributed by atoms with van der Waals surface area (Å²) in [6, 6.07) is 3.00. The largest absolute Gasteiger partial charge is 0.431 e. The summed E-state index contributed by atoms with van der Waals surface area (Å²) in [7, 11) is 0. The highest BCUT2D eigenvalue weighted by Gasteiger charge is 2.72. The smallest absolute Gasteiger partial charge is 0.335 e. The van der Waals surface area contributed by atoms with Crippen LogP contribution in [0.3, 0.4) is 0 Å². The maximum atomic E-state index is 12.5. The first-order valence-electron chi connectivity index (χ1n) is 15.2. The van der Waals surface area contributed by atoms with Crippen molar-refractivity contribution in [3.63, 3.8) is 0 Å². The van der Waals surface area contributed by atoms with Crippen LogP contribution in [0.1, 0.15) is 83.1 Å². The minimum atomic E-state index is -1.35. The molecule has 4 aliphatic carbocycles. The Morgan fingerprint density at radius 3 is 2.37 bits per heavy atom. The van der Waals surface area contributed by atoms with Gasteiger partial charge in [-0.2, -0.15) is 0 Å². The van der Waals surface area contributed by atoms with E-state index in [2.05, 4.69) is 0 Å². The van der Waals surface area contributed by atoms with Crippen LogP contribution in [-0.2, 0) is 9.53 Å². The van der Waals surface area contributed by atoms with E-state index in [9.17, 15) is 40.2 Å². The van der Waals surface area contributed by atoms with E-state index < -0.39 is 70.2 Å². The summed E-state index contributed by atoms with van der Waals surface area (Å²) in [5, 5.41) is 67.6. The number of rotatable bonds is 4. The molecule has 0 aromatic carbocycles. The number of hydrogen-bond acceptors (Lipinski definition) is 10. The molecule has 4 saturated carbocycles. The van der Waals surface area contributed by atoms with Gasteiger partial charge < -0.3 is 44.6 Å². The van der Waals surface area contributed by atoms with Crippen molar-refractivity contribution in [2.45, 2.75) is 125 Å². The van der Waals surface area contributed by atoms with E-state index in [0.717, 1.165) is 6.29 Å². The molecular formula is C31H44O10. The van der Waals surface area contributed by atoms with Crippen molar-refractivity contribution in [2.24, 2.45) is 28.6 Å². The Labute approximate surface area is 239 Å². The third-order valence-electron chi connectivity index (χ3n) is 12.6. The zero-order chi connectivity index (χ0) is 29.5. The molecule has 0 unspecified atom stereocenters. The van der Waals surface area contributed by atoms with Crippen molar-refractivity contribution in [1.29, 1.82) is 0 Å². The Morgan fingerprint density at radius 1 is 0.951 bits per heavy atom. The maximum Gasteiger partial charge on any atom is 0.335 e. The van der Waals surface area contributed by atoms with Gasteiger partial charge in [-0.25, -0.2) is 4.79 Å². The average Bonchev–Trinajstić information content (AvgIpc) is 3.14. The van der Waals surface area contributed by atoms with Gasteiger partial charge in [-0.05, 0) is 81.3 Å². The fourth-order valence-corrected chi connectivity index (χ4v) is 10.6. The Morgan fingerprint density at radius 2 is 1.68 bits per heavy atom. The zero-order valence-corrected chi connectivity index (χ0v) is 23.8. The van der Waals surface area contributed by atoms with Crippen LogP contribution in [0, 0.1) is 28.6 Å². The van der Waals surface area contributed by atoms with E-state index in [1.54, 1.807) is 13.0 Å². The van der Waals surface area contributed by atoms with Crippen LogP contribution in [0.4, 0.5) is 0 Å². The molecule has 10 heteroatoms. The van der Waals surface area contributed by atoms with E-state index >= 15 is 0 Å². The highest BCUT2D eigenvalue weighted by atomic mass is 16.5.